The predicted octanol–water partition coefficient (Wildman–Crippen LogP) is 4.73. The van der Waals surface area contributed by atoms with Gasteiger partial charge in [-0.05, 0) is 38.3 Å². The Hall–Kier alpha value is -2.83. The van der Waals surface area contributed by atoms with Gasteiger partial charge in [0.2, 0.25) is 5.91 Å². The molecule has 5 nitrogen and oxygen atoms in total. The fraction of sp³-hybridized carbons (Fsp3) is 0.409. The highest BCUT2D eigenvalue weighted by molar-refractivity contribution is 5.81. The monoisotopic (exact) mass is 399 g/mol. The van der Waals surface area contributed by atoms with Gasteiger partial charge in [-0.15, -0.1) is 0 Å². The number of fused-ring (bicyclic) bond motifs is 1. The summed E-state index contributed by atoms with van der Waals surface area (Å²) in [7, 11) is 0. The number of alkyl halides is 2. The van der Waals surface area contributed by atoms with Gasteiger partial charge in [-0.1, -0.05) is 35.0 Å². The molecule has 3 aromatic rings. The maximum absolute atomic E-state index is 13.6. The molecule has 1 aliphatic rings. The lowest BCUT2D eigenvalue weighted by Gasteiger charge is -2.32. The number of rotatable bonds is 4. The van der Waals surface area contributed by atoms with Gasteiger partial charge in [0.05, 0.1) is 17.5 Å². The van der Waals surface area contributed by atoms with E-state index in [0.717, 1.165) is 24.0 Å². The van der Waals surface area contributed by atoms with E-state index in [1.807, 2.05) is 36.1 Å². The lowest BCUT2D eigenvalue weighted by molar-refractivity contribution is -0.131. The van der Waals surface area contributed by atoms with Crippen molar-refractivity contribution in [2.24, 2.45) is 0 Å². The van der Waals surface area contributed by atoms with E-state index in [2.05, 4.69) is 10.1 Å². The number of piperidine rings is 1. The zero-order valence-corrected chi connectivity index (χ0v) is 16.5. The fourth-order valence-corrected chi connectivity index (χ4v) is 3.97. The molecule has 1 unspecified atom stereocenters. The Morgan fingerprint density at radius 3 is 2.76 bits per heavy atom. The third-order valence-electron chi connectivity index (χ3n) is 5.57. The second-order valence-electron chi connectivity index (χ2n) is 7.73. The van der Waals surface area contributed by atoms with Gasteiger partial charge in [0.15, 0.2) is 0 Å². The van der Waals surface area contributed by atoms with Gasteiger partial charge in [0.1, 0.15) is 0 Å². The molecule has 152 valence electrons. The minimum absolute atomic E-state index is 0.0456. The smallest absolute Gasteiger partial charge is 0.264 e. The first kappa shape index (κ1) is 19.5. The van der Waals surface area contributed by atoms with E-state index < -0.39 is 6.43 Å². The van der Waals surface area contributed by atoms with Crippen molar-refractivity contribution in [2.75, 3.05) is 13.1 Å². The van der Waals surface area contributed by atoms with Gasteiger partial charge < -0.3 is 9.42 Å². The summed E-state index contributed by atoms with van der Waals surface area (Å²) in [6.07, 6.45) is -0.699. The molecule has 0 bridgehead atoms. The van der Waals surface area contributed by atoms with Crippen molar-refractivity contribution in [3.05, 3.63) is 58.4 Å². The first-order chi connectivity index (χ1) is 13.9. The quantitative estimate of drug-likeness (QED) is 0.637. The zero-order chi connectivity index (χ0) is 20.5. The van der Waals surface area contributed by atoms with Crippen molar-refractivity contribution in [1.29, 1.82) is 0 Å². The molecular formula is C22H23F2N3O2. The molecule has 1 aliphatic heterocycles. The molecule has 0 N–H and O–H groups in total. The highest BCUT2D eigenvalue weighted by Gasteiger charge is 2.28. The number of aromatic nitrogens is 2. The number of hydrogen-bond acceptors (Lipinski definition) is 4. The first-order valence-corrected chi connectivity index (χ1v) is 9.80. The van der Waals surface area contributed by atoms with Crippen LogP contribution in [0, 0.1) is 13.8 Å². The number of likely N-dealkylation sites (tertiary alicyclic amines) is 1. The van der Waals surface area contributed by atoms with Crippen LogP contribution in [-0.2, 0) is 11.2 Å². The zero-order valence-electron chi connectivity index (χ0n) is 16.5. The van der Waals surface area contributed by atoms with Crippen LogP contribution in [0.4, 0.5) is 8.78 Å². The Balaban J connectivity index is 1.55. The lowest BCUT2D eigenvalue weighted by atomic mass is 9.92. The van der Waals surface area contributed by atoms with E-state index in [1.165, 1.54) is 6.07 Å². The SMILES string of the molecule is Cc1ccc(CC(=O)N2CCCC(c3cc(C(F)F)c4c(C)noc4n3)C2)cc1. The van der Waals surface area contributed by atoms with Crippen molar-refractivity contribution in [3.8, 4) is 0 Å². The average molecular weight is 399 g/mol. The van der Waals surface area contributed by atoms with Crippen molar-refractivity contribution in [3.63, 3.8) is 0 Å². The Labute approximate surface area is 167 Å². The molecule has 0 radical (unpaired) electrons. The predicted molar refractivity (Wildman–Crippen MR) is 105 cm³/mol. The molecule has 3 heterocycles. The van der Waals surface area contributed by atoms with E-state index >= 15 is 0 Å². The van der Waals surface area contributed by atoms with E-state index in [4.69, 9.17) is 4.52 Å². The lowest BCUT2D eigenvalue weighted by Crippen LogP contribution is -2.40. The van der Waals surface area contributed by atoms with Crippen LogP contribution < -0.4 is 0 Å². The maximum atomic E-state index is 13.6. The van der Waals surface area contributed by atoms with Crippen LogP contribution in [0.15, 0.2) is 34.9 Å². The maximum Gasteiger partial charge on any atom is 0.264 e. The van der Waals surface area contributed by atoms with Crippen molar-refractivity contribution in [1.82, 2.24) is 15.0 Å². The minimum Gasteiger partial charge on any atom is -0.342 e. The summed E-state index contributed by atoms with van der Waals surface area (Å²) in [5, 5.41) is 4.07. The highest BCUT2D eigenvalue weighted by Crippen LogP contribution is 2.34. The summed E-state index contributed by atoms with van der Waals surface area (Å²) >= 11 is 0. The number of carbonyl (C=O) groups excluding carboxylic acids is 1. The summed E-state index contributed by atoms with van der Waals surface area (Å²) in [4.78, 5) is 19.0. The summed E-state index contributed by atoms with van der Waals surface area (Å²) in [6, 6.07) is 9.37. The van der Waals surface area contributed by atoms with Gasteiger partial charge in [0, 0.05) is 30.3 Å². The number of halogens is 2. The molecular weight excluding hydrogens is 376 g/mol. The van der Waals surface area contributed by atoms with Crippen LogP contribution in [0.5, 0.6) is 0 Å². The van der Waals surface area contributed by atoms with Crippen LogP contribution in [0.25, 0.3) is 11.1 Å². The van der Waals surface area contributed by atoms with Crippen LogP contribution in [-0.4, -0.2) is 34.0 Å². The van der Waals surface area contributed by atoms with Crippen molar-refractivity contribution < 1.29 is 18.1 Å². The number of carbonyl (C=O) groups is 1. The molecule has 1 atom stereocenters. The molecule has 1 amide bonds. The number of aryl methyl sites for hydroxylation is 2. The minimum atomic E-state index is -2.64. The third kappa shape index (κ3) is 3.99. The molecule has 1 saturated heterocycles. The summed E-state index contributed by atoms with van der Waals surface area (Å²) in [5.41, 5.74) is 3.10. The van der Waals surface area contributed by atoms with E-state index in [1.54, 1.807) is 6.92 Å². The van der Waals surface area contributed by atoms with Crippen molar-refractivity contribution >= 4 is 17.0 Å². The second-order valence-corrected chi connectivity index (χ2v) is 7.73. The van der Waals surface area contributed by atoms with Crippen LogP contribution >= 0.6 is 0 Å². The van der Waals surface area contributed by atoms with Gasteiger partial charge in [-0.3, -0.25) is 4.79 Å². The van der Waals surface area contributed by atoms with Gasteiger partial charge in [-0.2, -0.15) is 0 Å². The van der Waals surface area contributed by atoms with E-state index in [-0.39, 0.29) is 28.5 Å². The average Bonchev–Trinajstić information content (AvgIpc) is 3.10. The normalized spacial score (nSPS) is 17.3. The van der Waals surface area contributed by atoms with Crippen molar-refractivity contribution in [2.45, 2.75) is 45.5 Å². The number of pyridine rings is 1. The van der Waals surface area contributed by atoms with E-state index in [0.29, 0.717) is 30.9 Å². The van der Waals surface area contributed by atoms with Crippen LogP contribution in [0.1, 0.15) is 53.3 Å². The molecule has 7 heteroatoms. The largest absolute Gasteiger partial charge is 0.342 e. The first-order valence-electron chi connectivity index (χ1n) is 9.80. The number of benzene rings is 1. The molecule has 0 aliphatic carbocycles. The summed E-state index contributed by atoms with van der Waals surface area (Å²) in [6.45, 7) is 4.78. The Bertz CT molecular complexity index is 1030. The molecule has 1 fully saturated rings. The number of hydrogen-bond donors (Lipinski definition) is 0. The Morgan fingerprint density at radius 1 is 1.28 bits per heavy atom. The fourth-order valence-electron chi connectivity index (χ4n) is 3.97. The molecule has 0 saturated carbocycles. The topological polar surface area (TPSA) is 59.2 Å². The number of amides is 1. The third-order valence-corrected chi connectivity index (χ3v) is 5.57. The molecule has 0 spiro atoms. The van der Waals surface area contributed by atoms with E-state index in [9.17, 15) is 13.6 Å². The molecule has 4 rings (SSSR count). The van der Waals surface area contributed by atoms with Crippen LogP contribution in [0.3, 0.4) is 0 Å². The Morgan fingerprint density at radius 2 is 2.03 bits per heavy atom. The summed E-state index contributed by atoms with van der Waals surface area (Å²) < 4.78 is 32.4. The van der Waals surface area contributed by atoms with Gasteiger partial charge in [0.25, 0.3) is 12.1 Å². The number of nitrogens with zero attached hydrogens (tertiary/aromatic N) is 3. The molecule has 2 aromatic heterocycles. The second kappa shape index (κ2) is 7.89. The highest BCUT2D eigenvalue weighted by atomic mass is 19.3. The van der Waals surface area contributed by atoms with Crippen LogP contribution in [0.2, 0.25) is 0 Å². The standard InChI is InChI=1S/C22H23F2N3O2/c1-13-5-7-15(8-6-13)10-19(28)27-9-3-4-16(12-27)18-11-17(21(23)24)20-14(2)26-29-22(20)25-18/h5-8,11,16,21H,3-4,9-10,12H2,1-2H3. The van der Waals surface area contributed by atoms with Gasteiger partial charge in [-0.25, -0.2) is 13.8 Å². The Kier molecular flexibility index (Phi) is 5.30. The molecule has 29 heavy (non-hydrogen) atoms. The summed E-state index contributed by atoms with van der Waals surface area (Å²) in [5.74, 6) is -0.0535. The van der Waals surface area contributed by atoms with Gasteiger partial charge >= 0.3 is 0 Å². The molecule has 1 aromatic carbocycles.